The summed E-state index contributed by atoms with van der Waals surface area (Å²) < 4.78 is 10.5. The third-order valence-electron chi connectivity index (χ3n) is 3.77. The zero-order valence-electron chi connectivity index (χ0n) is 14.5. The highest BCUT2D eigenvalue weighted by atomic mass is 32.2. The Morgan fingerprint density at radius 1 is 1.25 bits per heavy atom. The number of hydrogen-bond acceptors (Lipinski definition) is 9. The van der Waals surface area contributed by atoms with Crippen LogP contribution in [0.25, 0.3) is 0 Å². The molecule has 0 radical (unpaired) electrons. The summed E-state index contributed by atoms with van der Waals surface area (Å²) in [5.41, 5.74) is 4.08. The second-order valence-corrected chi connectivity index (χ2v) is 6.65. The molecule has 0 aliphatic carbocycles. The van der Waals surface area contributed by atoms with E-state index in [-0.39, 0.29) is 24.1 Å². The summed E-state index contributed by atoms with van der Waals surface area (Å²) in [4.78, 5) is 16.6. The third kappa shape index (κ3) is 4.23. The molecule has 0 amide bonds. The predicted molar refractivity (Wildman–Crippen MR) is 103 cm³/mol. The maximum atomic E-state index is 12.3. The summed E-state index contributed by atoms with van der Waals surface area (Å²) in [6.07, 6.45) is 1.58. The standard InChI is InChI=1S/C18H15N5O4S/c24-13-4-1-11(2-5-13)8-19-21-17-20-18(23-22-17)28-9-14(25)12-3-6-15-16(7-12)27-10-26-15/h1-8,24H,9-10H2,(H2,20,21,22,23)/b19-8-. The minimum atomic E-state index is -0.0621. The Hall–Kier alpha value is -3.53. The second kappa shape index (κ2) is 8.01. The molecule has 10 heteroatoms. The van der Waals surface area contributed by atoms with Crippen LogP contribution in [0.3, 0.4) is 0 Å². The maximum Gasteiger partial charge on any atom is 0.240 e. The van der Waals surface area contributed by atoms with E-state index in [9.17, 15) is 9.90 Å². The fourth-order valence-electron chi connectivity index (χ4n) is 2.37. The van der Waals surface area contributed by atoms with Gasteiger partial charge >= 0.3 is 0 Å². The average Bonchev–Trinajstić information content (AvgIpc) is 3.36. The van der Waals surface area contributed by atoms with Crippen LogP contribution in [-0.4, -0.2) is 44.8 Å². The molecule has 0 unspecified atom stereocenters. The molecule has 28 heavy (non-hydrogen) atoms. The number of hydrogen-bond donors (Lipinski definition) is 3. The highest BCUT2D eigenvalue weighted by molar-refractivity contribution is 7.99. The first-order chi connectivity index (χ1) is 13.7. The molecule has 0 spiro atoms. The number of thioether (sulfide) groups is 1. The number of nitrogens with zero attached hydrogens (tertiary/aromatic N) is 3. The molecule has 1 aliphatic heterocycles. The Labute approximate surface area is 163 Å². The van der Waals surface area contributed by atoms with Gasteiger partial charge in [-0.25, -0.2) is 10.5 Å². The number of carbonyl (C=O) groups excluding carboxylic acids is 1. The van der Waals surface area contributed by atoms with Gasteiger partial charge in [0.25, 0.3) is 0 Å². The van der Waals surface area contributed by atoms with Gasteiger partial charge in [-0.2, -0.15) is 10.1 Å². The number of phenols is 1. The topological polar surface area (TPSA) is 122 Å². The lowest BCUT2D eigenvalue weighted by atomic mass is 10.1. The number of ether oxygens (including phenoxy) is 2. The van der Waals surface area contributed by atoms with Crippen molar-refractivity contribution in [2.75, 3.05) is 18.0 Å². The number of carbonyl (C=O) groups is 1. The van der Waals surface area contributed by atoms with Gasteiger partial charge in [-0.15, -0.1) is 5.10 Å². The van der Waals surface area contributed by atoms with E-state index in [4.69, 9.17) is 9.47 Å². The SMILES string of the molecule is O=C(CSc1n[nH]c(N/N=C\c2ccc(O)cc2)n1)c1ccc2c(c1)OCO2. The molecular formula is C18H15N5O4S. The van der Waals surface area contributed by atoms with Crippen molar-refractivity contribution in [3.63, 3.8) is 0 Å². The highest BCUT2D eigenvalue weighted by Gasteiger charge is 2.17. The fraction of sp³-hybridized carbons (Fsp3) is 0.111. The van der Waals surface area contributed by atoms with Crippen LogP contribution >= 0.6 is 11.8 Å². The molecule has 9 nitrogen and oxygen atoms in total. The van der Waals surface area contributed by atoms with E-state index >= 15 is 0 Å². The number of phenolic OH excluding ortho intramolecular Hbond substituents is 1. The molecular weight excluding hydrogens is 382 g/mol. The quantitative estimate of drug-likeness (QED) is 0.241. The number of hydrazone groups is 1. The van der Waals surface area contributed by atoms with Crippen LogP contribution in [0, 0.1) is 0 Å². The van der Waals surface area contributed by atoms with Gasteiger partial charge in [0.2, 0.25) is 17.9 Å². The summed E-state index contributed by atoms with van der Waals surface area (Å²) in [5.74, 6) is 1.89. The number of aromatic amines is 1. The number of nitrogens with one attached hydrogen (secondary N) is 2. The molecule has 1 aliphatic rings. The first-order valence-corrected chi connectivity index (χ1v) is 9.22. The largest absolute Gasteiger partial charge is 0.508 e. The van der Waals surface area contributed by atoms with Crippen molar-refractivity contribution in [2.24, 2.45) is 5.10 Å². The Kier molecular flexibility index (Phi) is 5.11. The smallest absolute Gasteiger partial charge is 0.240 e. The number of rotatable bonds is 7. The van der Waals surface area contributed by atoms with Crippen LogP contribution in [-0.2, 0) is 0 Å². The normalized spacial score (nSPS) is 12.4. The van der Waals surface area contributed by atoms with Gasteiger partial charge < -0.3 is 14.6 Å². The van der Waals surface area contributed by atoms with E-state index in [0.717, 1.165) is 5.56 Å². The van der Waals surface area contributed by atoms with Crippen molar-refractivity contribution in [2.45, 2.75) is 5.16 Å². The number of H-pyrrole nitrogens is 1. The predicted octanol–water partition coefficient (Wildman–Crippen LogP) is 2.66. The zero-order chi connectivity index (χ0) is 19.3. The molecule has 0 saturated heterocycles. The third-order valence-corrected chi connectivity index (χ3v) is 4.62. The van der Waals surface area contributed by atoms with Gasteiger partial charge in [-0.05, 0) is 48.0 Å². The van der Waals surface area contributed by atoms with Gasteiger partial charge in [0.15, 0.2) is 17.3 Å². The van der Waals surface area contributed by atoms with Crippen molar-refractivity contribution >= 4 is 29.7 Å². The maximum absolute atomic E-state index is 12.3. The molecule has 3 N–H and O–H groups in total. The molecule has 2 aromatic carbocycles. The Morgan fingerprint density at radius 3 is 2.93 bits per heavy atom. The molecule has 4 rings (SSSR count). The average molecular weight is 397 g/mol. The molecule has 2 heterocycles. The number of ketones is 1. The summed E-state index contributed by atoms with van der Waals surface area (Å²) in [6.45, 7) is 0.171. The summed E-state index contributed by atoms with van der Waals surface area (Å²) >= 11 is 1.21. The summed E-state index contributed by atoms with van der Waals surface area (Å²) in [5, 5.41) is 20.5. The Bertz CT molecular complexity index is 1020. The molecule has 0 bridgehead atoms. The van der Waals surface area contributed by atoms with Crippen molar-refractivity contribution in [1.82, 2.24) is 15.2 Å². The number of benzene rings is 2. The van der Waals surface area contributed by atoms with Gasteiger partial charge in [-0.1, -0.05) is 11.8 Å². The van der Waals surface area contributed by atoms with E-state index in [1.54, 1.807) is 48.7 Å². The summed E-state index contributed by atoms with van der Waals surface area (Å²) in [6, 6.07) is 11.7. The molecule has 142 valence electrons. The molecule has 0 fully saturated rings. The van der Waals surface area contributed by atoms with Crippen molar-refractivity contribution in [1.29, 1.82) is 0 Å². The second-order valence-electron chi connectivity index (χ2n) is 5.71. The van der Waals surface area contributed by atoms with E-state index < -0.39 is 0 Å². The van der Waals surface area contributed by atoms with Gasteiger partial charge in [-0.3, -0.25) is 4.79 Å². The minimum absolute atomic E-state index is 0.0621. The van der Waals surface area contributed by atoms with E-state index in [2.05, 4.69) is 25.7 Å². The lowest BCUT2D eigenvalue weighted by Crippen LogP contribution is -2.02. The van der Waals surface area contributed by atoms with Gasteiger partial charge in [0.05, 0.1) is 12.0 Å². The van der Waals surface area contributed by atoms with Crippen molar-refractivity contribution < 1.29 is 19.4 Å². The number of fused-ring (bicyclic) bond motifs is 1. The van der Waals surface area contributed by atoms with Crippen LogP contribution in [0.1, 0.15) is 15.9 Å². The minimum Gasteiger partial charge on any atom is -0.508 e. The summed E-state index contributed by atoms with van der Waals surface area (Å²) in [7, 11) is 0. The van der Waals surface area contributed by atoms with Crippen LogP contribution in [0.2, 0.25) is 0 Å². The van der Waals surface area contributed by atoms with Crippen LogP contribution in [0.4, 0.5) is 5.95 Å². The number of aromatic nitrogens is 3. The monoisotopic (exact) mass is 397 g/mol. The number of aromatic hydroxyl groups is 1. The molecule has 1 aromatic heterocycles. The molecule has 0 atom stereocenters. The fourth-order valence-corrected chi connectivity index (χ4v) is 3.07. The van der Waals surface area contributed by atoms with E-state index in [0.29, 0.717) is 28.2 Å². The van der Waals surface area contributed by atoms with Crippen LogP contribution in [0.15, 0.2) is 52.7 Å². The van der Waals surface area contributed by atoms with E-state index in [1.165, 1.54) is 11.8 Å². The lowest BCUT2D eigenvalue weighted by Gasteiger charge is -2.01. The van der Waals surface area contributed by atoms with Gasteiger partial charge in [0, 0.05) is 5.56 Å². The van der Waals surface area contributed by atoms with Gasteiger partial charge in [0.1, 0.15) is 5.75 Å². The van der Waals surface area contributed by atoms with Crippen LogP contribution in [0.5, 0.6) is 17.2 Å². The number of anilines is 1. The first kappa shape index (κ1) is 17.9. The molecule has 3 aromatic rings. The van der Waals surface area contributed by atoms with E-state index in [1.807, 2.05) is 0 Å². The zero-order valence-corrected chi connectivity index (χ0v) is 15.3. The Balaban J connectivity index is 1.29. The van der Waals surface area contributed by atoms with Crippen molar-refractivity contribution in [3.05, 3.63) is 53.6 Å². The molecule has 0 saturated carbocycles. The van der Waals surface area contributed by atoms with Crippen LogP contribution < -0.4 is 14.9 Å². The lowest BCUT2D eigenvalue weighted by molar-refractivity contribution is 0.102. The van der Waals surface area contributed by atoms with Crippen molar-refractivity contribution in [3.8, 4) is 17.2 Å². The highest BCUT2D eigenvalue weighted by Crippen LogP contribution is 2.33. The number of Topliss-reactive ketones (excluding diaryl/α,β-unsaturated/α-hetero) is 1. The first-order valence-electron chi connectivity index (χ1n) is 8.23. The Morgan fingerprint density at radius 2 is 2.07 bits per heavy atom.